The lowest BCUT2D eigenvalue weighted by Gasteiger charge is -1.95. The van der Waals surface area contributed by atoms with E-state index in [1.165, 1.54) is 6.33 Å². The van der Waals surface area contributed by atoms with Crippen molar-refractivity contribution in [1.82, 2.24) is 20.2 Å². The Kier molecular flexibility index (Phi) is 1.62. The average molecular weight is 164 g/mol. The number of rotatable bonds is 2. The molecule has 1 N–H and O–H groups in total. The maximum atomic E-state index is 5.23. The number of aromatic nitrogens is 4. The summed E-state index contributed by atoms with van der Waals surface area (Å²) in [7, 11) is 0. The second-order valence-corrected chi connectivity index (χ2v) is 2.25. The summed E-state index contributed by atoms with van der Waals surface area (Å²) >= 11 is 0. The van der Waals surface area contributed by atoms with Crippen molar-refractivity contribution in [2.45, 2.75) is 6.92 Å². The summed E-state index contributed by atoms with van der Waals surface area (Å²) in [5.41, 5.74) is 1.52. The lowest BCUT2D eigenvalue weighted by atomic mass is 10.5. The van der Waals surface area contributed by atoms with E-state index in [9.17, 15) is 0 Å². The fourth-order valence-electron chi connectivity index (χ4n) is 0.983. The molecule has 2 aromatic heterocycles. The first-order valence-electron chi connectivity index (χ1n) is 3.68. The van der Waals surface area contributed by atoms with E-state index in [0.717, 1.165) is 11.0 Å². The molecular weight excluding hydrogens is 156 g/mol. The van der Waals surface area contributed by atoms with Gasteiger partial charge in [-0.25, -0.2) is 9.97 Å². The van der Waals surface area contributed by atoms with Gasteiger partial charge in [-0.1, -0.05) is 0 Å². The molecule has 0 aliphatic heterocycles. The molecule has 0 saturated carbocycles. The molecule has 0 aliphatic carbocycles. The van der Waals surface area contributed by atoms with Crippen molar-refractivity contribution < 1.29 is 4.74 Å². The minimum atomic E-state index is 0.537. The van der Waals surface area contributed by atoms with Crippen molar-refractivity contribution in [3.63, 3.8) is 0 Å². The van der Waals surface area contributed by atoms with Crippen LogP contribution in [0.1, 0.15) is 6.92 Å². The van der Waals surface area contributed by atoms with E-state index in [1.807, 2.05) is 6.92 Å². The Balaban J connectivity index is 2.55. The highest BCUT2D eigenvalue weighted by atomic mass is 16.5. The third-order valence-corrected chi connectivity index (χ3v) is 1.47. The van der Waals surface area contributed by atoms with Crippen molar-refractivity contribution in [3.8, 4) is 5.88 Å². The van der Waals surface area contributed by atoms with Crippen LogP contribution in [0.15, 0.2) is 12.5 Å². The minimum absolute atomic E-state index is 0.537. The molecular formula is C7H8N4O. The Morgan fingerprint density at radius 3 is 3.33 bits per heavy atom. The minimum Gasteiger partial charge on any atom is -0.475 e. The Bertz CT molecular complexity index is 384. The summed E-state index contributed by atoms with van der Waals surface area (Å²) in [4.78, 5) is 7.88. The predicted octanol–water partition coefficient (Wildman–Crippen LogP) is 0.752. The number of ether oxygens (including phenoxy) is 1. The second-order valence-electron chi connectivity index (χ2n) is 2.25. The number of aromatic amines is 1. The maximum Gasteiger partial charge on any atom is 0.259 e. The standard InChI is InChI=1S/C7H8N4O/c1-2-12-7-6-5(10-11-7)3-8-4-9-6/h3-4H,2H2,1H3,(H,10,11). The van der Waals surface area contributed by atoms with E-state index in [4.69, 9.17) is 4.74 Å². The topological polar surface area (TPSA) is 63.7 Å². The zero-order chi connectivity index (χ0) is 8.39. The van der Waals surface area contributed by atoms with Crippen molar-refractivity contribution in [3.05, 3.63) is 12.5 Å². The van der Waals surface area contributed by atoms with Gasteiger partial charge < -0.3 is 4.74 Å². The molecule has 0 saturated heterocycles. The van der Waals surface area contributed by atoms with Crippen molar-refractivity contribution in [1.29, 1.82) is 0 Å². The van der Waals surface area contributed by atoms with E-state index in [1.54, 1.807) is 6.20 Å². The highest BCUT2D eigenvalue weighted by molar-refractivity contribution is 5.78. The normalized spacial score (nSPS) is 10.4. The van der Waals surface area contributed by atoms with E-state index >= 15 is 0 Å². The summed E-state index contributed by atoms with van der Waals surface area (Å²) in [6, 6.07) is 0. The average Bonchev–Trinajstić information content (AvgIpc) is 2.50. The number of hydrogen-bond donors (Lipinski definition) is 1. The zero-order valence-electron chi connectivity index (χ0n) is 6.61. The smallest absolute Gasteiger partial charge is 0.259 e. The molecule has 0 amide bonds. The van der Waals surface area contributed by atoms with Gasteiger partial charge in [0.2, 0.25) is 0 Å². The Labute approximate surface area is 68.8 Å². The van der Waals surface area contributed by atoms with Crippen LogP contribution in [0.25, 0.3) is 11.0 Å². The molecule has 0 fully saturated rings. The van der Waals surface area contributed by atoms with Crippen LogP contribution in [-0.4, -0.2) is 26.8 Å². The summed E-state index contributed by atoms with van der Waals surface area (Å²) in [6.07, 6.45) is 3.14. The van der Waals surface area contributed by atoms with Gasteiger partial charge in [0.1, 0.15) is 11.8 Å². The number of fused-ring (bicyclic) bond motifs is 1. The summed E-state index contributed by atoms with van der Waals surface area (Å²) in [6.45, 7) is 2.49. The first-order chi connectivity index (χ1) is 5.92. The molecule has 12 heavy (non-hydrogen) atoms. The van der Waals surface area contributed by atoms with Crippen LogP contribution in [0.5, 0.6) is 5.88 Å². The summed E-state index contributed by atoms with van der Waals surface area (Å²) in [5.74, 6) is 0.537. The first kappa shape index (κ1) is 7.02. The van der Waals surface area contributed by atoms with Crippen molar-refractivity contribution in [2.75, 3.05) is 6.61 Å². The first-order valence-corrected chi connectivity index (χ1v) is 3.68. The number of nitrogens with zero attached hydrogens (tertiary/aromatic N) is 3. The lowest BCUT2D eigenvalue weighted by molar-refractivity contribution is 0.329. The van der Waals surface area contributed by atoms with Crippen molar-refractivity contribution in [2.24, 2.45) is 0 Å². The molecule has 0 bridgehead atoms. The molecule has 0 radical (unpaired) electrons. The molecule has 0 spiro atoms. The van der Waals surface area contributed by atoms with Gasteiger partial charge in [0.15, 0.2) is 5.52 Å². The largest absolute Gasteiger partial charge is 0.475 e. The third kappa shape index (κ3) is 0.990. The van der Waals surface area contributed by atoms with Gasteiger partial charge in [-0.3, -0.25) is 5.10 Å². The molecule has 2 rings (SSSR count). The fourth-order valence-corrected chi connectivity index (χ4v) is 0.983. The van der Waals surface area contributed by atoms with Crippen LogP contribution in [-0.2, 0) is 0 Å². The molecule has 0 aliphatic rings. The van der Waals surface area contributed by atoms with Gasteiger partial charge in [0.25, 0.3) is 5.88 Å². The highest BCUT2D eigenvalue weighted by Crippen LogP contribution is 2.17. The van der Waals surface area contributed by atoms with Gasteiger partial charge in [-0.15, -0.1) is 5.10 Å². The zero-order valence-corrected chi connectivity index (χ0v) is 6.61. The SMILES string of the molecule is CCOc1n[nH]c2cncnc12. The van der Waals surface area contributed by atoms with Crippen molar-refractivity contribution >= 4 is 11.0 Å². The number of nitrogens with one attached hydrogen (secondary N) is 1. The van der Waals surface area contributed by atoms with Gasteiger partial charge in [0, 0.05) is 0 Å². The molecule has 0 unspecified atom stereocenters. The third-order valence-electron chi connectivity index (χ3n) is 1.47. The Morgan fingerprint density at radius 2 is 2.50 bits per heavy atom. The van der Waals surface area contributed by atoms with E-state index in [-0.39, 0.29) is 0 Å². The number of hydrogen-bond acceptors (Lipinski definition) is 4. The molecule has 2 heterocycles. The second kappa shape index (κ2) is 2.77. The highest BCUT2D eigenvalue weighted by Gasteiger charge is 2.05. The summed E-state index contributed by atoms with van der Waals surface area (Å²) in [5, 5.41) is 6.71. The van der Waals surface area contributed by atoms with Gasteiger partial charge in [-0.05, 0) is 6.92 Å². The van der Waals surface area contributed by atoms with Gasteiger partial charge in [0.05, 0.1) is 12.8 Å². The van der Waals surface area contributed by atoms with Crippen LogP contribution in [0.4, 0.5) is 0 Å². The molecule has 5 nitrogen and oxygen atoms in total. The monoisotopic (exact) mass is 164 g/mol. The summed E-state index contributed by atoms with van der Waals surface area (Å²) < 4.78 is 5.23. The van der Waals surface area contributed by atoms with Crippen LogP contribution >= 0.6 is 0 Å². The molecule has 62 valence electrons. The van der Waals surface area contributed by atoms with Crippen LogP contribution in [0.3, 0.4) is 0 Å². The number of H-pyrrole nitrogens is 1. The molecule has 0 aromatic carbocycles. The lowest BCUT2D eigenvalue weighted by Crippen LogP contribution is -1.92. The van der Waals surface area contributed by atoms with E-state index in [2.05, 4.69) is 20.2 Å². The molecule has 5 heteroatoms. The maximum absolute atomic E-state index is 5.23. The molecule has 0 atom stereocenters. The quantitative estimate of drug-likeness (QED) is 0.711. The van der Waals surface area contributed by atoms with Crippen LogP contribution in [0.2, 0.25) is 0 Å². The molecule has 2 aromatic rings. The van der Waals surface area contributed by atoms with E-state index < -0.39 is 0 Å². The predicted molar refractivity (Wildman–Crippen MR) is 42.9 cm³/mol. The van der Waals surface area contributed by atoms with E-state index in [0.29, 0.717) is 12.5 Å². The van der Waals surface area contributed by atoms with Crippen LogP contribution < -0.4 is 4.74 Å². The fraction of sp³-hybridized carbons (Fsp3) is 0.286. The van der Waals surface area contributed by atoms with Gasteiger partial charge in [-0.2, -0.15) is 0 Å². The Hall–Kier alpha value is -1.65. The van der Waals surface area contributed by atoms with Gasteiger partial charge >= 0.3 is 0 Å². The van der Waals surface area contributed by atoms with Crippen LogP contribution in [0, 0.1) is 0 Å². The Morgan fingerprint density at radius 1 is 1.58 bits per heavy atom.